The highest BCUT2D eigenvalue weighted by molar-refractivity contribution is 5.94. The minimum atomic E-state index is -0.261. The Hall–Kier alpha value is -3.19. The van der Waals surface area contributed by atoms with Gasteiger partial charge in [0.2, 0.25) is 5.88 Å². The number of carbonyl (C=O) groups excluding carboxylic acids is 1. The molecule has 1 aliphatic heterocycles. The predicted octanol–water partition coefficient (Wildman–Crippen LogP) is 2.28. The normalized spacial score (nSPS) is 15.5. The number of piperazine rings is 1. The smallest absolute Gasteiger partial charge is 0.270 e. The van der Waals surface area contributed by atoms with Crippen molar-refractivity contribution in [2.75, 3.05) is 37.6 Å². The summed E-state index contributed by atoms with van der Waals surface area (Å²) < 4.78 is 0. The molecule has 0 aliphatic carbocycles. The van der Waals surface area contributed by atoms with Crippen LogP contribution in [0.4, 0.5) is 11.4 Å². The van der Waals surface area contributed by atoms with Crippen molar-refractivity contribution < 1.29 is 14.8 Å². The van der Waals surface area contributed by atoms with Crippen molar-refractivity contribution in [2.24, 2.45) is 10.2 Å². The molecule has 0 radical (unpaired) electrons. The average molecular weight is 378 g/mol. The van der Waals surface area contributed by atoms with Crippen molar-refractivity contribution in [1.29, 1.82) is 0 Å². The van der Waals surface area contributed by atoms with Crippen LogP contribution in [0.15, 0.2) is 64.8 Å². The summed E-state index contributed by atoms with van der Waals surface area (Å²) in [6.07, 6.45) is 0.354. The number of anilines is 1. The highest BCUT2D eigenvalue weighted by Gasteiger charge is 2.20. The van der Waals surface area contributed by atoms with Crippen LogP contribution in [0.3, 0.4) is 0 Å². The van der Waals surface area contributed by atoms with Gasteiger partial charge in [-0.2, -0.15) is 0 Å². The van der Waals surface area contributed by atoms with E-state index in [1.54, 1.807) is 0 Å². The fourth-order valence-corrected chi connectivity index (χ4v) is 3.62. The quantitative estimate of drug-likeness (QED) is 0.596. The van der Waals surface area contributed by atoms with E-state index in [9.17, 15) is 9.90 Å². The number of fused-ring (bicyclic) bond motifs is 1. The number of carbonyl (C=O) groups is 1. The van der Waals surface area contributed by atoms with Crippen molar-refractivity contribution in [1.82, 2.24) is 4.98 Å². The van der Waals surface area contributed by atoms with E-state index in [-0.39, 0.29) is 11.8 Å². The molecule has 0 saturated carbocycles. The molecule has 2 aromatic carbocycles. The van der Waals surface area contributed by atoms with Gasteiger partial charge in [0.1, 0.15) is 0 Å². The molecule has 1 saturated heterocycles. The SMILES string of the molecule is O=C(CC[NH+]1CCN(c2ccccc2)CC1)N=Nc1c(O)[nH]c2ccccc12. The standard InChI is InChI=1S/C21H23N5O2/c27-19(23-24-20-17-8-4-5-9-18(17)22-21(20)28)10-11-25-12-14-26(15-13-25)16-6-2-1-3-7-16/h1-9,22,28H,10-15H2/p+1. The summed E-state index contributed by atoms with van der Waals surface area (Å²) >= 11 is 0. The molecule has 1 fully saturated rings. The van der Waals surface area contributed by atoms with E-state index in [1.165, 1.54) is 10.6 Å². The Morgan fingerprint density at radius 2 is 1.79 bits per heavy atom. The second-order valence-corrected chi connectivity index (χ2v) is 7.03. The Labute approximate surface area is 163 Å². The van der Waals surface area contributed by atoms with Crippen LogP contribution in [0.2, 0.25) is 0 Å². The molecule has 0 spiro atoms. The van der Waals surface area contributed by atoms with Gasteiger partial charge in [-0.15, -0.1) is 10.2 Å². The number of nitrogens with one attached hydrogen (secondary N) is 2. The number of benzene rings is 2. The van der Waals surface area contributed by atoms with E-state index in [4.69, 9.17) is 0 Å². The molecule has 1 amide bonds. The molecule has 1 aliphatic rings. The topological polar surface area (TPSA) is 85.5 Å². The largest absolute Gasteiger partial charge is 0.493 e. The van der Waals surface area contributed by atoms with Gasteiger partial charge in [0, 0.05) is 11.1 Å². The van der Waals surface area contributed by atoms with E-state index in [2.05, 4.69) is 44.4 Å². The predicted molar refractivity (Wildman–Crippen MR) is 108 cm³/mol. The number of rotatable bonds is 5. The molecule has 0 atom stereocenters. The van der Waals surface area contributed by atoms with E-state index < -0.39 is 0 Å². The molecule has 7 nitrogen and oxygen atoms in total. The Morgan fingerprint density at radius 1 is 1.07 bits per heavy atom. The summed E-state index contributed by atoms with van der Waals surface area (Å²) in [5, 5.41) is 18.5. The minimum Gasteiger partial charge on any atom is -0.493 e. The number of aromatic nitrogens is 1. The van der Waals surface area contributed by atoms with Crippen LogP contribution in [0.5, 0.6) is 5.88 Å². The molecule has 0 bridgehead atoms. The fraction of sp³-hybridized carbons (Fsp3) is 0.286. The van der Waals surface area contributed by atoms with Crippen molar-refractivity contribution in [3.63, 3.8) is 0 Å². The molecule has 144 valence electrons. The van der Waals surface area contributed by atoms with Crippen molar-refractivity contribution >= 4 is 28.2 Å². The molecule has 0 unspecified atom stereocenters. The Kier molecular flexibility index (Phi) is 5.34. The maximum absolute atomic E-state index is 12.1. The molecule has 7 heteroatoms. The van der Waals surface area contributed by atoms with Crippen LogP contribution < -0.4 is 9.80 Å². The second-order valence-electron chi connectivity index (χ2n) is 7.03. The Morgan fingerprint density at radius 3 is 2.57 bits per heavy atom. The highest BCUT2D eigenvalue weighted by Crippen LogP contribution is 2.35. The van der Waals surface area contributed by atoms with E-state index in [0.717, 1.165) is 43.6 Å². The lowest BCUT2D eigenvalue weighted by Gasteiger charge is -2.33. The van der Waals surface area contributed by atoms with Gasteiger partial charge in [-0.3, -0.25) is 4.79 Å². The number of hydrogen-bond acceptors (Lipinski definition) is 4. The van der Waals surface area contributed by atoms with Crippen LogP contribution in [-0.2, 0) is 4.79 Å². The number of azo groups is 1. The van der Waals surface area contributed by atoms with E-state index in [1.807, 2.05) is 30.3 Å². The number of amides is 1. The molecule has 4 rings (SSSR count). The lowest BCUT2D eigenvalue weighted by molar-refractivity contribution is -0.900. The molecular formula is C21H24N5O2+. The molecule has 3 aromatic rings. The summed E-state index contributed by atoms with van der Waals surface area (Å²) in [5.74, 6) is -0.330. The fourth-order valence-electron chi connectivity index (χ4n) is 3.62. The van der Waals surface area contributed by atoms with Gasteiger partial charge in [0.15, 0.2) is 5.69 Å². The van der Waals surface area contributed by atoms with Gasteiger partial charge in [-0.1, -0.05) is 36.4 Å². The first kappa shape index (κ1) is 18.2. The van der Waals surface area contributed by atoms with E-state index in [0.29, 0.717) is 12.1 Å². The Balaban J connectivity index is 1.28. The first-order chi connectivity index (χ1) is 13.7. The van der Waals surface area contributed by atoms with Gasteiger partial charge in [-0.05, 0) is 18.2 Å². The van der Waals surface area contributed by atoms with Gasteiger partial charge < -0.3 is 19.9 Å². The molecule has 2 heterocycles. The third-order valence-electron chi connectivity index (χ3n) is 5.21. The number of aromatic amines is 1. The van der Waals surface area contributed by atoms with Gasteiger partial charge >= 0.3 is 0 Å². The molecule has 3 N–H and O–H groups in total. The third-order valence-corrected chi connectivity index (χ3v) is 5.21. The van der Waals surface area contributed by atoms with E-state index >= 15 is 0 Å². The van der Waals surface area contributed by atoms with Crippen molar-refractivity contribution in [3.8, 4) is 5.88 Å². The summed E-state index contributed by atoms with van der Waals surface area (Å²) in [6.45, 7) is 4.72. The number of hydrogen-bond donors (Lipinski definition) is 3. The first-order valence-corrected chi connectivity index (χ1v) is 9.58. The number of para-hydroxylation sites is 2. The van der Waals surface area contributed by atoms with Gasteiger partial charge in [0.05, 0.1) is 44.7 Å². The van der Waals surface area contributed by atoms with Gasteiger partial charge in [0.25, 0.3) is 5.91 Å². The van der Waals surface area contributed by atoms with Gasteiger partial charge in [-0.25, -0.2) is 0 Å². The minimum absolute atomic E-state index is 0.0691. The van der Waals surface area contributed by atoms with Crippen molar-refractivity contribution in [3.05, 3.63) is 54.6 Å². The number of aromatic hydroxyl groups is 1. The average Bonchev–Trinajstić information content (AvgIpc) is 3.06. The van der Waals surface area contributed by atoms with Crippen LogP contribution in [0.25, 0.3) is 10.9 Å². The number of quaternary nitrogens is 1. The number of nitrogens with zero attached hydrogens (tertiary/aromatic N) is 3. The zero-order chi connectivity index (χ0) is 19.3. The summed E-state index contributed by atoms with van der Waals surface area (Å²) in [7, 11) is 0. The monoisotopic (exact) mass is 378 g/mol. The first-order valence-electron chi connectivity index (χ1n) is 9.58. The van der Waals surface area contributed by atoms with Crippen molar-refractivity contribution in [2.45, 2.75) is 6.42 Å². The highest BCUT2D eigenvalue weighted by atomic mass is 16.3. The van der Waals surface area contributed by atoms with Crippen LogP contribution in [0, 0.1) is 0 Å². The summed E-state index contributed by atoms with van der Waals surface area (Å²) in [5.41, 5.74) is 2.33. The third kappa shape index (κ3) is 4.04. The van der Waals surface area contributed by atoms with Crippen LogP contribution in [-0.4, -0.2) is 48.7 Å². The summed E-state index contributed by atoms with van der Waals surface area (Å²) in [4.78, 5) is 18.8. The summed E-state index contributed by atoms with van der Waals surface area (Å²) in [6, 6.07) is 17.8. The molecule has 28 heavy (non-hydrogen) atoms. The molecule has 1 aromatic heterocycles. The van der Waals surface area contributed by atoms with Crippen LogP contribution in [0.1, 0.15) is 6.42 Å². The maximum atomic E-state index is 12.1. The zero-order valence-electron chi connectivity index (χ0n) is 15.6. The lowest BCUT2D eigenvalue weighted by Crippen LogP contribution is -3.15. The second kappa shape index (κ2) is 8.22. The molecular weight excluding hydrogens is 354 g/mol. The van der Waals surface area contributed by atoms with Crippen LogP contribution >= 0.6 is 0 Å². The number of H-pyrrole nitrogens is 1. The maximum Gasteiger partial charge on any atom is 0.270 e. The zero-order valence-corrected chi connectivity index (χ0v) is 15.6. The lowest BCUT2D eigenvalue weighted by atomic mass is 10.2. The Bertz CT molecular complexity index is 975.